The number of benzene rings is 1. The summed E-state index contributed by atoms with van der Waals surface area (Å²) >= 11 is 0. The molecule has 5 nitrogen and oxygen atoms in total. The molecule has 0 bridgehead atoms. The normalized spacial score (nSPS) is 21.6. The fourth-order valence-electron chi connectivity index (χ4n) is 2.00. The van der Waals surface area contributed by atoms with E-state index in [1.54, 1.807) is 0 Å². The third-order valence-electron chi connectivity index (χ3n) is 3.15. The number of halogens is 2. The van der Waals surface area contributed by atoms with E-state index < -0.39 is 33.3 Å². The number of amides is 1. The highest BCUT2D eigenvalue weighted by atomic mass is 32.2. The van der Waals surface area contributed by atoms with E-state index in [-0.39, 0.29) is 17.5 Å². The molecule has 2 atom stereocenters. The minimum atomic E-state index is -3.63. The molecular formula is C12H14F2N2O3S. The zero-order valence-corrected chi connectivity index (χ0v) is 11.5. The van der Waals surface area contributed by atoms with Gasteiger partial charge in [-0.2, -0.15) is 0 Å². The summed E-state index contributed by atoms with van der Waals surface area (Å²) in [7, 11) is -2.42. The van der Waals surface area contributed by atoms with E-state index in [0.29, 0.717) is 6.42 Å². The Bertz CT molecular complexity index is 634. The van der Waals surface area contributed by atoms with Gasteiger partial charge in [0, 0.05) is 12.0 Å². The average molecular weight is 304 g/mol. The molecule has 2 N–H and O–H groups in total. The van der Waals surface area contributed by atoms with E-state index in [4.69, 9.17) is 0 Å². The van der Waals surface area contributed by atoms with E-state index in [2.05, 4.69) is 5.32 Å². The summed E-state index contributed by atoms with van der Waals surface area (Å²) in [6, 6.07) is 3.52. The summed E-state index contributed by atoms with van der Waals surface area (Å²) in [5.74, 6) is -3.51. The van der Waals surface area contributed by atoms with E-state index in [9.17, 15) is 22.0 Å². The Morgan fingerprint density at radius 3 is 2.75 bits per heavy atom. The van der Waals surface area contributed by atoms with E-state index >= 15 is 0 Å². The van der Waals surface area contributed by atoms with Crippen LogP contribution in [0.3, 0.4) is 0 Å². The summed E-state index contributed by atoms with van der Waals surface area (Å²) < 4.78 is 51.0. The number of hydrogen-bond donors (Lipinski definition) is 2. The summed E-state index contributed by atoms with van der Waals surface area (Å²) in [5, 5.41) is 2.49. The molecule has 1 aliphatic rings. The molecule has 0 unspecified atom stereocenters. The number of carbonyl (C=O) groups excluding carboxylic acids is 1. The first-order valence-electron chi connectivity index (χ1n) is 5.98. The van der Waals surface area contributed by atoms with Crippen LogP contribution in [0.25, 0.3) is 0 Å². The maximum Gasteiger partial charge on any atom is 0.236 e. The first-order valence-corrected chi connectivity index (χ1v) is 7.64. The van der Waals surface area contributed by atoms with Gasteiger partial charge in [-0.1, -0.05) is 12.1 Å². The highest BCUT2D eigenvalue weighted by molar-refractivity contribution is 7.90. The standard InChI is InChI=1S/C12H14F2N2O3S/c1-15-20(18,19)6-11(17)16-10-5-8(10)7-3-2-4-9(13)12(7)14/h2-4,8,10,15H,5-6H2,1H3,(H,16,17)/t8-,10+/m1/s1. The smallest absolute Gasteiger partial charge is 0.236 e. The molecule has 110 valence electrons. The predicted octanol–water partition coefficient (Wildman–Crippen LogP) is 0.486. The first-order chi connectivity index (χ1) is 9.34. The Hall–Kier alpha value is -1.54. The van der Waals surface area contributed by atoms with Gasteiger partial charge in [0.1, 0.15) is 5.75 Å². The van der Waals surface area contributed by atoms with Gasteiger partial charge in [-0.05, 0) is 25.1 Å². The molecule has 0 saturated heterocycles. The molecule has 8 heteroatoms. The van der Waals surface area contributed by atoms with Crippen molar-refractivity contribution in [1.29, 1.82) is 0 Å². The van der Waals surface area contributed by atoms with Crippen molar-refractivity contribution in [1.82, 2.24) is 10.0 Å². The van der Waals surface area contributed by atoms with E-state index in [1.807, 2.05) is 4.72 Å². The summed E-state index contributed by atoms with van der Waals surface area (Å²) in [6.07, 6.45) is 0.464. The maximum absolute atomic E-state index is 13.5. The Balaban J connectivity index is 1.96. The van der Waals surface area contributed by atoms with E-state index in [1.165, 1.54) is 19.2 Å². The van der Waals surface area contributed by atoms with Crippen molar-refractivity contribution in [2.24, 2.45) is 0 Å². The van der Waals surface area contributed by atoms with Crippen LogP contribution in [0.2, 0.25) is 0 Å². The lowest BCUT2D eigenvalue weighted by Crippen LogP contribution is -2.36. The van der Waals surface area contributed by atoms with Gasteiger partial charge in [0.25, 0.3) is 0 Å². The van der Waals surface area contributed by atoms with Gasteiger partial charge in [0.2, 0.25) is 15.9 Å². The first kappa shape index (κ1) is 14.9. The summed E-state index contributed by atoms with van der Waals surface area (Å²) in [4.78, 5) is 11.5. The Labute approximate surface area is 115 Å². The summed E-state index contributed by atoms with van der Waals surface area (Å²) in [6.45, 7) is 0. The molecule has 1 aliphatic carbocycles. The lowest BCUT2D eigenvalue weighted by Gasteiger charge is -2.06. The number of sulfonamides is 1. The van der Waals surface area contributed by atoms with Crippen molar-refractivity contribution in [3.63, 3.8) is 0 Å². The van der Waals surface area contributed by atoms with Crippen LogP contribution in [0.4, 0.5) is 8.78 Å². The van der Waals surface area contributed by atoms with Crippen molar-refractivity contribution in [3.05, 3.63) is 35.4 Å². The lowest BCUT2D eigenvalue weighted by molar-refractivity contribution is -0.118. The molecule has 20 heavy (non-hydrogen) atoms. The molecule has 0 aromatic heterocycles. The fraction of sp³-hybridized carbons (Fsp3) is 0.417. The molecular weight excluding hydrogens is 290 g/mol. The van der Waals surface area contributed by atoms with Gasteiger partial charge in [-0.3, -0.25) is 4.79 Å². The highest BCUT2D eigenvalue weighted by Gasteiger charge is 2.41. The molecule has 0 spiro atoms. The van der Waals surface area contributed by atoms with Gasteiger partial charge in [0.15, 0.2) is 11.6 Å². The lowest BCUT2D eigenvalue weighted by atomic mass is 10.1. The van der Waals surface area contributed by atoms with Gasteiger partial charge in [-0.25, -0.2) is 21.9 Å². The van der Waals surface area contributed by atoms with Gasteiger partial charge >= 0.3 is 0 Å². The molecule has 0 heterocycles. The van der Waals surface area contributed by atoms with Gasteiger partial charge in [-0.15, -0.1) is 0 Å². The molecule has 1 saturated carbocycles. The zero-order chi connectivity index (χ0) is 14.9. The minimum absolute atomic E-state index is 0.201. The Kier molecular flexibility index (Phi) is 4.05. The largest absolute Gasteiger partial charge is 0.352 e. The summed E-state index contributed by atoms with van der Waals surface area (Å²) in [5.41, 5.74) is 0.201. The minimum Gasteiger partial charge on any atom is -0.352 e. The van der Waals surface area contributed by atoms with Gasteiger partial charge in [0.05, 0.1) is 0 Å². The molecule has 1 fully saturated rings. The second-order valence-electron chi connectivity index (χ2n) is 4.62. The Morgan fingerprint density at radius 1 is 1.40 bits per heavy atom. The number of rotatable bonds is 5. The van der Waals surface area contributed by atoms with Crippen molar-refractivity contribution in [2.75, 3.05) is 12.8 Å². The molecule has 0 radical (unpaired) electrons. The maximum atomic E-state index is 13.5. The molecule has 1 amide bonds. The topological polar surface area (TPSA) is 75.3 Å². The SMILES string of the molecule is CNS(=O)(=O)CC(=O)N[C@H]1C[C@@H]1c1cccc(F)c1F. The second-order valence-corrected chi connectivity index (χ2v) is 6.55. The molecule has 0 aliphatic heterocycles. The number of hydrogen-bond acceptors (Lipinski definition) is 3. The van der Waals surface area contributed by atoms with Crippen LogP contribution in [-0.2, 0) is 14.8 Å². The van der Waals surface area contributed by atoms with Crippen molar-refractivity contribution in [3.8, 4) is 0 Å². The Morgan fingerprint density at radius 2 is 2.10 bits per heavy atom. The molecule has 1 aromatic carbocycles. The van der Waals surface area contributed by atoms with Crippen LogP contribution < -0.4 is 10.0 Å². The third-order valence-corrected chi connectivity index (χ3v) is 4.41. The quantitative estimate of drug-likeness (QED) is 0.831. The monoisotopic (exact) mass is 304 g/mol. The van der Waals surface area contributed by atoms with Crippen LogP contribution >= 0.6 is 0 Å². The van der Waals surface area contributed by atoms with Crippen LogP contribution in [0, 0.1) is 11.6 Å². The van der Waals surface area contributed by atoms with E-state index in [0.717, 1.165) is 6.07 Å². The van der Waals surface area contributed by atoms with Crippen molar-refractivity contribution >= 4 is 15.9 Å². The van der Waals surface area contributed by atoms with Crippen LogP contribution in [-0.4, -0.2) is 33.2 Å². The van der Waals surface area contributed by atoms with Crippen LogP contribution in [0.15, 0.2) is 18.2 Å². The molecule has 1 aromatic rings. The highest BCUT2D eigenvalue weighted by Crippen LogP contribution is 2.42. The predicted molar refractivity (Wildman–Crippen MR) is 68.5 cm³/mol. The number of carbonyl (C=O) groups is 1. The average Bonchev–Trinajstić information content (AvgIpc) is 3.11. The van der Waals surface area contributed by atoms with Crippen LogP contribution in [0.1, 0.15) is 17.9 Å². The van der Waals surface area contributed by atoms with Crippen LogP contribution in [0.5, 0.6) is 0 Å². The zero-order valence-electron chi connectivity index (χ0n) is 10.7. The fourth-order valence-corrected chi connectivity index (χ4v) is 2.57. The van der Waals surface area contributed by atoms with Gasteiger partial charge < -0.3 is 5.32 Å². The number of nitrogens with one attached hydrogen (secondary N) is 2. The third kappa shape index (κ3) is 3.31. The van der Waals surface area contributed by atoms with Crippen molar-refractivity contribution in [2.45, 2.75) is 18.4 Å². The molecule has 2 rings (SSSR count). The second kappa shape index (κ2) is 5.45. The van der Waals surface area contributed by atoms with Crippen molar-refractivity contribution < 1.29 is 22.0 Å².